The van der Waals surface area contributed by atoms with Gasteiger partial charge in [-0.05, 0) is 38.0 Å². The summed E-state index contributed by atoms with van der Waals surface area (Å²) < 4.78 is 1.67. The number of rotatable bonds is 5. The van der Waals surface area contributed by atoms with Crippen molar-refractivity contribution in [3.8, 4) is 0 Å². The number of nitrogens with zero attached hydrogens (tertiary/aromatic N) is 5. The van der Waals surface area contributed by atoms with Gasteiger partial charge in [0.25, 0.3) is 0 Å². The van der Waals surface area contributed by atoms with Crippen molar-refractivity contribution in [2.24, 2.45) is 11.3 Å². The Bertz CT molecular complexity index is 613. The van der Waals surface area contributed by atoms with Crippen molar-refractivity contribution in [2.75, 3.05) is 26.2 Å². The van der Waals surface area contributed by atoms with Gasteiger partial charge in [0.2, 0.25) is 11.8 Å². The lowest BCUT2D eigenvalue weighted by molar-refractivity contribution is -0.146. The van der Waals surface area contributed by atoms with Gasteiger partial charge in [-0.15, -0.1) is 0 Å². The van der Waals surface area contributed by atoms with Crippen molar-refractivity contribution in [1.29, 1.82) is 0 Å². The van der Waals surface area contributed by atoms with Crippen molar-refractivity contribution in [1.82, 2.24) is 24.6 Å². The quantitative estimate of drug-likeness (QED) is 0.804. The Morgan fingerprint density at radius 2 is 2.17 bits per heavy atom. The van der Waals surface area contributed by atoms with Crippen LogP contribution < -0.4 is 0 Å². The highest BCUT2D eigenvalue weighted by Crippen LogP contribution is 2.41. The Morgan fingerprint density at radius 3 is 2.92 bits per heavy atom. The van der Waals surface area contributed by atoms with Crippen molar-refractivity contribution in [2.45, 2.75) is 45.1 Å². The molecule has 0 radical (unpaired) electrons. The molecule has 0 aromatic carbocycles. The van der Waals surface area contributed by atoms with Gasteiger partial charge in [-0.3, -0.25) is 14.3 Å². The van der Waals surface area contributed by atoms with E-state index < -0.39 is 0 Å². The molecule has 1 atom stereocenters. The van der Waals surface area contributed by atoms with E-state index in [0.717, 1.165) is 38.3 Å². The van der Waals surface area contributed by atoms with Gasteiger partial charge in [0.05, 0.1) is 12.0 Å². The number of likely N-dealkylation sites (tertiary alicyclic amines) is 2. The number of hydrogen-bond acceptors (Lipinski definition) is 4. The van der Waals surface area contributed by atoms with Gasteiger partial charge in [0.15, 0.2) is 0 Å². The maximum atomic E-state index is 13.0. The van der Waals surface area contributed by atoms with Crippen LogP contribution in [0.25, 0.3) is 0 Å². The van der Waals surface area contributed by atoms with Crippen LogP contribution >= 0.6 is 0 Å². The largest absolute Gasteiger partial charge is 0.342 e. The van der Waals surface area contributed by atoms with Gasteiger partial charge >= 0.3 is 0 Å². The van der Waals surface area contributed by atoms with E-state index in [1.165, 1.54) is 19.2 Å². The Hall–Kier alpha value is -1.92. The second-order valence-corrected chi connectivity index (χ2v) is 7.55. The van der Waals surface area contributed by atoms with Crippen molar-refractivity contribution < 1.29 is 9.59 Å². The molecule has 1 aromatic heterocycles. The van der Waals surface area contributed by atoms with Crippen LogP contribution in [0.1, 0.15) is 38.5 Å². The molecule has 3 heterocycles. The van der Waals surface area contributed by atoms with Crippen LogP contribution in [0.15, 0.2) is 12.7 Å². The van der Waals surface area contributed by atoms with Crippen molar-refractivity contribution >= 4 is 11.8 Å². The molecule has 7 nitrogen and oxygen atoms in total. The summed E-state index contributed by atoms with van der Waals surface area (Å²) in [6.07, 6.45) is 8.87. The number of amides is 2. The molecule has 3 aliphatic rings. The van der Waals surface area contributed by atoms with Gasteiger partial charge in [0.1, 0.15) is 12.7 Å². The molecule has 24 heavy (non-hydrogen) atoms. The molecule has 1 aliphatic carbocycles. The minimum Gasteiger partial charge on any atom is -0.342 e. The zero-order valence-corrected chi connectivity index (χ0v) is 14.1. The highest BCUT2D eigenvalue weighted by Gasteiger charge is 2.49. The highest BCUT2D eigenvalue weighted by molar-refractivity contribution is 5.86. The van der Waals surface area contributed by atoms with Crippen molar-refractivity contribution in [3.05, 3.63) is 12.7 Å². The minimum absolute atomic E-state index is 0.120. The molecule has 4 rings (SSSR count). The first-order valence-corrected chi connectivity index (χ1v) is 9.06. The van der Waals surface area contributed by atoms with E-state index in [-0.39, 0.29) is 11.3 Å². The zero-order valence-electron chi connectivity index (χ0n) is 14.1. The Labute approximate surface area is 142 Å². The average molecular weight is 331 g/mol. The number of piperidine rings is 1. The summed E-state index contributed by atoms with van der Waals surface area (Å²) in [6, 6.07) is 0. The summed E-state index contributed by atoms with van der Waals surface area (Å²) >= 11 is 0. The van der Waals surface area contributed by atoms with E-state index in [9.17, 15) is 9.59 Å². The normalized spacial score (nSPS) is 27.2. The molecule has 0 bridgehead atoms. The standard InChI is InChI=1S/C17H25N5O2/c23-15(4-8-22-13-18-12-19-22)21-9-6-17(11-21)5-1-7-20(16(17)24)10-14-2-3-14/h12-14H,1-11H2. The molecule has 130 valence electrons. The van der Waals surface area contributed by atoms with Gasteiger partial charge in [-0.25, -0.2) is 4.98 Å². The summed E-state index contributed by atoms with van der Waals surface area (Å²) in [7, 11) is 0. The minimum atomic E-state index is -0.309. The Morgan fingerprint density at radius 1 is 1.29 bits per heavy atom. The van der Waals surface area contributed by atoms with E-state index in [2.05, 4.69) is 15.0 Å². The fourth-order valence-electron chi connectivity index (χ4n) is 4.12. The van der Waals surface area contributed by atoms with E-state index in [1.54, 1.807) is 11.0 Å². The van der Waals surface area contributed by atoms with Gasteiger partial charge < -0.3 is 9.80 Å². The summed E-state index contributed by atoms with van der Waals surface area (Å²) in [6.45, 7) is 3.69. The Kier molecular flexibility index (Phi) is 4.02. The maximum absolute atomic E-state index is 13.0. The molecule has 1 saturated carbocycles. The molecule has 1 spiro atoms. The lowest BCUT2D eigenvalue weighted by atomic mass is 9.78. The zero-order chi connectivity index (χ0) is 16.6. The summed E-state index contributed by atoms with van der Waals surface area (Å²) in [4.78, 5) is 33.3. The fraction of sp³-hybridized carbons (Fsp3) is 0.765. The molecule has 2 aliphatic heterocycles. The SMILES string of the molecule is O=C(CCn1cncn1)N1CCC2(CCCN(CC3CC3)C2=O)C1. The smallest absolute Gasteiger partial charge is 0.230 e. The van der Waals surface area contributed by atoms with Gasteiger partial charge in [-0.2, -0.15) is 5.10 Å². The van der Waals surface area contributed by atoms with E-state index in [1.807, 2.05) is 4.90 Å². The predicted molar refractivity (Wildman–Crippen MR) is 86.8 cm³/mol. The van der Waals surface area contributed by atoms with Crippen LogP contribution in [0.4, 0.5) is 0 Å². The van der Waals surface area contributed by atoms with Crippen LogP contribution in [-0.4, -0.2) is 62.6 Å². The van der Waals surface area contributed by atoms with Crippen LogP contribution in [0.5, 0.6) is 0 Å². The molecule has 2 saturated heterocycles. The third-order valence-corrected chi connectivity index (χ3v) is 5.73. The monoisotopic (exact) mass is 331 g/mol. The molecule has 1 unspecified atom stereocenters. The number of aryl methyl sites for hydroxylation is 1. The first kappa shape index (κ1) is 15.6. The topological polar surface area (TPSA) is 71.3 Å². The summed E-state index contributed by atoms with van der Waals surface area (Å²) in [5.74, 6) is 1.15. The first-order chi connectivity index (χ1) is 11.7. The van der Waals surface area contributed by atoms with Crippen LogP contribution in [0.3, 0.4) is 0 Å². The molecule has 3 fully saturated rings. The lowest BCUT2D eigenvalue weighted by Gasteiger charge is -2.39. The third-order valence-electron chi connectivity index (χ3n) is 5.73. The molecule has 7 heteroatoms. The molecular formula is C17H25N5O2. The molecule has 0 N–H and O–H groups in total. The second kappa shape index (κ2) is 6.18. The van der Waals surface area contributed by atoms with Gasteiger partial charge in [0, 0.05) is 32.6 Å². The van der Waals surface area contributed by atoms with Crippen molar-refractivity contribution in [3.63, 3.8) is 0 Å². The molecular weight excluding hydrogens is 306 g/mol. The number of aromatic nitrogens is 3. The fourth-order valence-corrected chi connectivity index (χ4v) is 4.12. The number of carbonyl (C=O) groups excluding carboxylic acids is 2. The average Bonchev–Trinajstić information content (AvgIpc) is 3.09. The third kappa shape index (κ3) is 3.03. The van der Waals surface area contributed by atoms with E-state index in [4.69, 9.17) is 0 Å². The first-order valence-electron chi connectivity index (χ1n) is 9.06. The summed E-state index contributed by atoms with van der Waals surface area (Å²) in [5, 5.41) is 4.03. The molecule has 2 amide bonds. The van der Waals surface area contributed by atoms with E-state index in [0.29, 0.717) is 32.0 Å². The molecule has 1 aromatic rings. The summed E-state index contributed by atoms with van der Waals surface area (Å²) in [5.41, 5.74) is -0.309. The highest BCUT2D eigenvalue weighted by atomic mass is 16.2. The second-order valence-electron chi connectivity index (χ2n) is 7.55. The van der Waals surface area contributed by atoms with Crippen LogP contribution in [0, 0.1) is 11.3 Å². The van der Waals surface area contributed by atoms with Crippen LogP contribution in [-0.2, 0) is 16.1 Å². The Balaban J connectivity index is 1.35. The van der Waals surface area contributed by atoms with E-state index >= 15 is 0 Å². The van der Waals surface area contributed by atoms with Crippen LogP contribution in [0.2, 0.25) is 0 Å². The predicted octanol–water partition coefficient (Wildman–Crippen LogP) is 0.919. The number of carbonyl (C=O) groups is 2. The lowest BCUT2D eigenvalue weighted by Crippen LogP contribution is -2.51. The number of hydrogen-bond donors (Lipinski definition) is 0. The van der Waals surface area contributed by atoms with Gasteiger partial charge in [-0.1, -0.05) is 0 Å². The maximum Gasteiger partial charge on any atom is 0.230 e.